The van der Waals surface area contributed by atoms with E-state index in [1.54, 1.807) is 30.8 Å². The molecule has 0 unspecified atom stereocenters. The van der Waals surface area contributed by atoms with Crippen LogP contribution < -0.4 is 19.6 Å². The van der Waals surface area contributed by atoms with Gasteiger partial charge in [0.25, 0.3) is 5.56 Å². The maximum Gasteiger partial charge on any atom is 0.276 e. The van der Waals surface area contributed by atoms with Gasteiger partial charge in [-0.05, 0) is 25.1 Å². The molecule has 0 saturated carbocycles. The van der Waals surface area contributed by atoms with Crippen molar-refractivity contribution in [2.45, 2.75) is 6.92 Å². The fourth-order valence-electron chi connectivity index (χ4n) is 2.83. The lowest BCUT2D eigenvalue weighted by atomic mass is 10.1. The molecule has 2 heterocycles. The third kappa shape index (κ3) is 3.06. The van der Waals surface area contributed by atoms with Crippen LogP contribution in [0.3, 0.4) is 0 Å². The number of methoxy groups -OCH3 is 2. The molecular weight excluding hydrogens is 362 g/mol. The fourth-order valence-corrected chi connectivity index (χ4v) is 3.73. The summed E-state index contributed by atoms with van der Waals surface area (Å²) in [6.45, 7) is 2.02. The first-order chi connectivity index (χ1) is 13.1. The van der Waals surface area contributed by atoms with Gasteiger partial charge in [0.15, 0.2) is 5.82 Å². The van der Waals surface area contributed by atoms with Crippen LogP contribution in [0.25, 0.3) is 22.4 Å². The molecule has 4 rings (SSSR count). The van der Waals surface area contributed by atoms with Crippen LogP contribution in [0.15, 0.2) is 47.3 Å². The predicted molar refractivity (Wildman–Crippen MR) is 106 cm³/mol. The van der Waals surface area contributed by atoms with Crippen LogP contribution in [0.2, 0.25) is 0 Å². The molecular formula is C20H17N3O3S. The molecule has 0 aliphatic rings. The number of ether oxygens (including phenoxy) is 2. The van der Waals surface area contributed by atoms with Crippen LogP contribution >= 0.6 is 11.3 Å². The van der Waals surface area contributed by atoms with E-state index in [9.17, 15) is 4.79 Å². The van der Waals surface area contributed by atoms with Gasteiger partial charge in [-0.15, -0.1) is 10.2 Å². The van der Waals surface area contributed by atoms with Crippen molar-refractivity contribution in [3.8, 4) is 22.9 Å². The SMILES string of the molecule is COc1ccc(/C=c2\sc3nnc(-c4ccc(C)cc4)n3c2=O)c(OC)c1. The summed E-state index contributed by atoms with van der Waals surface area (Å²) < 4.78 is 12.8. The van der Waals surface area contributed by atoms with E-state index < -0.39 is 0 Å². The van der Waals surface area contributed by atoms with Gasteiger partial charge in [-0.25, -0.2) is 4.40 Å². The Hall–Kier alpha value is -3.19. The molecule has 2 aromatic heterocycles. The van der Waals surface area contributed by atoms with E-state index in [1.807, 2.05) is 43.3 Å². The lowest BCUT2D eigenvalue weighted by Gasteiger charge is -2.06. The molecule has 7 heteroatoms. The first-order valence-electron chi connectivity index (χ1n) is 8.29. The molecule has 4 aromatic rings. The highest BCUT2D eigenvalue weighted by molar-refractivity contribution is 7.15. The average Bonchev–Trinajstić information content (AvgIpc) is 3.23. The van der Waals surface area contributed by atoms with Crippen molar-refractivity contribution in [2.24, 2.45) is 0 Å². The van der Waals surface area contributed by atoms with Gasteiger partial charge in [0.1, 0.15) is 11.5 Å². The molecule has 2 aromatic carbocycles. The topological polar surface area (TPSA) is 65.7 Å². The zero-order valence-electron chi connectivity index (χ0n) is 15.1. The van der Waals surface area contributed by atoms with Gasteiger partial charge in [0, 0.05) is 17.2 Å². The predicted octanol–water partition coefficient (Wildman–Crippen LogP) is 2.69. The van der Waals surface area contributed by atoms with Crippen LogP contribution in [0, 0.1) is 6.92 Å². The lowest BCUT2D eigenvalue weighted by Crippen LogP contribution is -2.23. The van der Waals surface area contributed by atoms with E-state index in [1.165, 1.54) is 11.3 Å². The first-order valence-corrected chi connectivity index (χ1v) is 9.11. The van der Waals surface area contributed by atoms with Gasteiger partial charge in [-0.3, -0.25) is 4.79 Å². The molecule has 0 radical (unpaired) electrons. The van der Waals surface area contributed by atoms with Crippen molar-refractivity contribution >= 4 is 22.4 Å². The zero-order valence-corrected chi connectivity index (χ0v) is 15.9. The van der Waals surface area contributed by atoms with E-state index in [2.05, 4.69) is 10.2 Å². The molecule has 6 nitrogen and oxygen atoms in total. The average molecular weight is 379 g/mol. The smallest absolute Gasteiger partial charge is 0.276 e. The van der Waals surface area contributed by atoms with Gasteiger partial charge >= 0.3 is 0 Å². The molecule has 0 atom stereocenters. The van der Waals surface area contributed by atoms with E-state index >= 15 is 0 Å². The second-order valence-corrected chi connectivity index (χ2v) is 7.04. The number of fused-ring (bicyclic) bond motifs is 1. The number of hydrogen-bond acceptors (Lipinski definition) is 6. The Balaban J connectivity index is 1.87. The number of nitrogens with zero attached hydrogens (tertiary/aromatic N) is 3. The number of thiazole rings is 1. The monoisotopic (exact) mass is 379 g/mol. The second kappa shape index (κ2) is 6.85. The molecule has 0 N–H and O–H groups in total. The summed E-state index contributed by atoms with van der Waals surface area (Å²) in [5.41, 5.74) is 2.66. The van der Waals surface area contributed by atoms with E-state index in [0.717, 1.165) is 16.7 Å². The van der Waals surface area contributed by atoms with Gasteiger partial charge in [0.05, 0.1) is 18.8 Å². The Morgan fingerprint density at radius 2 is 1.81 bits per heavy atom. The maximum atomic E-state index is 13.0. The molecule has 136 valence electrons. The molecule has 0 amide bonds. The molecule has 0 fully saturated rings. The quantitative estimate of drug-likeness (QED) is 0.545. The Morgan fingerprint density at radius 1 is 1.04 bits per heavy atom. The minimum Gasteiger partial charge on any atom is -0.497 e. The number of benzene rings is 2. The van der Waals surface area contributed by atoms with Crippen LogP contribution in [0.5, 0.6) is 11.5 Å². The largest absolute Gasteiger partial charge is 0.497 e. The maximum absolute atomic E-state index is 13.0. The summed E-state index contributed by atoms with van der Waals surface area (Å²) in [6.07, 6.45) is 1.80. The van der Waals surface area contributed by atoms with Gasteiger partial charge in [-0.2, -0.15) is 0 Å². The van der Waals surface area contributed by atoms with Crippen molar-refractivity contribution in [1.29, 1.82) is 0 Å². The zero-order chi connectivity index (χ0) is 19.0. The fraction of sp³-hybridized carbons (Fsp3) is 0.150. The molecule has 0 spiro atoms. The summed E-state index contributed by atoms with van der Waals surface area (Å²) in [7, 11) is 3.19. The third-order valence-electron chi connectivity index (χ3n) is 4.29. The summed E-state index contributed by atoms with van der Waals surface area (Å²) in [6, 6.07) is 13.3. The Labute approximate surface area is 159 Å². The summed E-state index contributed by atoms with van der Waals surface area (Å²) in [5, 5.41) is 8.36. The van der Waals surface area contributed by atoms with Gasteiger partial charge in [0.2, 0.25) is 4.96 Å². The van der Waals surface area contributed by atoms with Crippen molar-refractivity contribution in [3.63, 3.8) is 0 Å². The Bertz CT molecular complexity index is 1230. The van der Waals surface area contributed by atoms with E-state index in [0.29, 0.717) is 26.8 Å². The summed E-state index contributed by atoms with van der Waals surface area (Å²) in [5.74, 6) is 1.88. The van der Waals surface area contributed by atoms with Crippen LogP contribution in [0.1, 0.15) is 11.1 Å². The van der Waals surface area contributed by atoms with E-state index in [-0.39, 0.29) is 5.56 Å². The molecule has 0 bridgehead atoms. The minimum atomic E-state index is -0.145. The van der Waals surface area contributed by atoms with Crippen LogP contribution in [-0.2, 0) is 0 Å². The standard InChI is InChI=1S/C20H17N3O3S/c1-12-4-6-13(7-5-12)18-21-22-20-23(18)19(24)17(27-20)10-14-8-9-15(25-2)11-16(14)26-3/h4-11H,1-3H3/b17-10-. The van der Waals surface area contributed by atoms with Crippen LogP contribution in [-0.4, -0.2) is 28.8 Å². The summed E-state index contributed by atoms with van der Waals surface area (Å²) >= 11 is 1.30. The highest BCUT2D eigenvalue weighted by atomic mass is 32.1. The molecule has 0 saturated heterocycles. The highest BCUT2D eigenvalue weighted by Crippen LogP contribution is 2.25. The number of hydrogen-bond donors (Lipinski definition) is 0. The van der Waals surface area contributed by atoms with Crippen LogP contribution in [0.4, 0.5) is 0 Å². The Morgan fingerprint density at radius 3 is 2.52 bits per heavy atom. The third-order valence-corrected chi connectivity index (χ3v) is 5.24. The lowest BCUT2D eigenvalue weighted by molar-refractivity contribution is 0.393. The highest BCUT2D eigenvalue weighted by Gasteiger charge is 2.14. The van der Waals surface area contributed by atoms with Crippen molar-refractivity contribution in [2.75, 3.05) is 14.2 Å². The minimum absolute atomic E-state index is 0.145. The van der Waals surface area contributed by atoms with E-state index in [4.69, 9.17) is 9.47 Å². The first kappa shape index (κ1) is 17.2. The second-order valence-electron chi connectivity index (χ2n) is 6.03. The van der Waals surface area contributed by atoms with Gasteiger partial charge < -0.3 is 9.47 Å². The number of rotatable bonds is 4. The summed E-state index contributed by atoms with van der Waals surface area (Å²) in [4.78, 5) is 13.5. The molecule has 0 aliphatic heterocycles. The van der Waals surface area contributed by atoms with Gasteiger partial charge in [-0.1, -0.05) is 41.2 Å². The number of aryl methyl sites for hydroxylation is 1. The van der Waals surface area contributed by atoms with Crippen molar-refractivity contribution < 1.29 is 9.47 Å². The molecule has 27 heavy (non-hydrogen) atoms. The normalized spacial score (nSPS) is 11.9. The van der Waals surface area contributed by atoms with Crippen molar-refractivity contribution in [3.05, 3.63) is 68.5 Å². The van der Waals surface area contributed by atoms with Crippen molar-refractivity contribution in [1.82, 2.24) is 14.6 Å². The molecule has 0 aliphatic carbocycles. The number of aromatic nitrogens is 3. The Kier molecular flexibility index (Phi) is 4.37.